The van der Waals surface area contributed by atoms with Crippen LogP contribution in [-0.4, -0.2) is 47.7 Å². The van der Waals surface area contributed by atoms with Crippen molar-refractivity contribution in [3.05, 3.63) is 30.3 Å². The number of hydrogen-bond acceptors (Lipinski definition) is 4. The van der Waals surface area contributed by atoms with Crippen LogP contribution in [-0.2, 0) is 9.59 Å². The highest BCUT2D eigenvalue weighted by Gasteiger charge is 2.40. The van der Waals surface area contributed by atoms with Crippen molar-refractivity contribution >= 4 is 17.5 Å². The van der Waals surface area contributed by atoms with Crippen LogP contribution in [0, 0.1) is 0 Å². The molecule has 0 aromatic heterocycles. The van der Waals surface area contributed by atoms with Gasteiger partial charge in [0.15, 0.2) is 0 Å². The fourth-order valence-electron chi connectivity index (χ4n) is 3.21. The molecule has 0 aliphatic carbocycles. The Balaban J connectivity index is 1.66. The molecule has 2 aliphatic heterocycles. The van der Waals surface area contributed by atoms with Crippen molar-refractivity contribution < 1.29 is 14.7 Å². The molecule has 2 amide bonds. The molecule has 0 unspecified atom stereocenters. The first-order valence-corrected chi connectivity index (χ1v) is 7.66. The van der Waals surface area contributed by atoms with E-state index in [0.717, 1.165) is 5.69 Å². The van der Waals surface area contributed by atoms with Crippen molar-refractivity contribution in [1.82, 2.24) is 10.6 Å². The Bertz CT molecular complexity index is 563. The van der Waals surface area contributed by atoms with E-state index in [4.69, 9.17) is 0 Å². The van der Waals surface area contributed by atoms with E-state index in [9.17, 15) is 14.7 Å². The number of aliphatic hydroxyl groups is 1. The van der Waals surface area contributed by atoms with Crippen LogP contribution in [0.2, 0.25) is 0 Å². The second-order valence-electron chi connectivity index (χ2n) is 6.04. The van der Waals surface area contributed by atoms with Crippen LogP contribution in [0.5, 0.6) is 0 Å². The topological polar surface area (TPSA) is 81.7 Å². The van der Waals surface area contributed by atoms with Gasteiger partial charge in [0, 0.05) is 18.3 Å². The second kappa shape index (κ2) is 6.06. The van der Waals surface area contributed by atoms with Crippen LogP contribution in [0.25, 0.3) is 0 Å². The Hall–Kier alpha value is -1.92. The van der Waals surface area contributed by atoms with E-state index in [-0.39, 0.29) is 17.9 Å². The number of nitrogens with zero attached hydrogens (tertiary/aromatic N) is 1. The molecule has 2 fully saturated rings. The van der Waals surface area contributed by atoms with Gasteiger partial charge >= 0.3 is 0 Å². The van der Waals surface area contributed by atoms with Gasteiger partial charge in [0.1, 0.15) is 6.04 Å². The van der Waals surface area contributed by atoms with E-state index in [2.05, 4.69) is 10.6 Å². The van der Waals surface area contributed by atoms with Gasteiger partial charge in [-0.05, 0) is 31.9 Å². The molecule has 6 nitrogen and oxygen atoms in total. The molecular formula is C16H21N3O3. The number of para-hydroxylation sites is 1. The maximum absolute atomic E-state index is 12.6. The molecule has 2 saturated heterocycles. The van der Waals surface area contributed by atoms with Gasteiger partial charge in [-0.1, -0.05) is 18.2 Å². The number of benzene rings is 1. The van der Waals surface area contributed by atoms with Crippen LogP contribution < -0.4 is 15.5 Å². The zero-order valence-corrected chi connectivity index (χ0v) is 12.5. The van der Waals surface area contributed by atoms with E-state index in [1.807, 2.05) is 37.3 Å². The predicted octanol–water partition coefficient (Wildman–Crippen LogP) is 0.0194. The number of amides is 2. The quantitative estimate of drug-likeness (QED) is 0.735. The minimum absolute atomic E-state index is 0.0438. The van der Waals surface area contributed by atoms with Crippen molar-refractivity contribution in [3.8, 4) is 0 Å². The Kier molecular flexibility index (Phi) is 4.13. The fourth-order valence-corrected chi connectivity index (χ4v) is 3.21. The second-order valence-corrected chi connectivity index (χ2v) is 6.04. The first-order chi connectivity index (χ1) is 10.6. The molecule has 22 heavy (non-hydrogen) atoms. The van der Waals surface area contributed by atoms with Gasteiger partial charge < -0.3 is 20.6 Å². The van der Waals surface area contributed by atoms with Crippen LogP contribution >= 0.6 is 0 Å². The monoisotopic (exact) mass is 303 g/mol. The number of aliphatic hydroxyl groups excluding tert-OH is 1. The van der Waals surface area contributed by atoms with Crippen molar-refractivity contribution in [1.29, 1.82) is 0 Å². The molecule has 4 atom stereocenters. The van der Waals surface area contributed by atoms with Crippen LogP contribution in [0.3, 0.4) is 0 Å². The lowest BCUT2D eigenvalue weighted by Crippen LogP contribution is -2.48. The molecule has 2 heterocycles. The summed E-state index contributed by atoms with van der Waals surface area (Å²) in [7, 11) is 0. The zero-order chi connectivity index (χ0) is 15.7. The number of hydrogen-bond donors (Lipinski definition) is 3. The highest BCUT2D eigenvalue weighted by Crippen LogP contribution is 2.26. The summed E-state index contributed by atoms with van der Waals surface area (Å²) in [6.07, 6.45) is 0.495. The molecular weight excluding hydrogens is 282 g/mol. The Morgan fingerprint density at radius 1 is 1.32 bits per heavy atom. The highest BCUT2D eigenvalue weighted by molar-refractivity contribution is 6.02. The molecule has 118 valence electrons. The van der Waals surface area contributed by atoms with E-state index in [0.29, 0.717) is 19.4 Å². The SMILES string of the molecule is C[C@@H]1C[C@H](NC(=O)[C@@H]2C[C@@H](O)CN2)C(=O)N1c1ccccc1. The van der Waals surface area contributed by atoms with Crippen molar-refractivity contribution in [2.75, 3.05) is 11.4 Å². The summed E-state index contributed by atoms with van der Waals surface area (Å²) in [5.41, 5.74) is 0.853. The lowest BCUT2D eigenvalue weighted by molar-refractivity contribution is -0.127. The largest absolute Gasteiger partial charge is 0.392 e. The third kappa shape index (κ3) is 2.84. The average Bonchev–Trinajstić information content (AvgIpc) is 3.05. The van der Waals surface area contributed by atoms with Gasteiger partial charge in [0.2, 0.25) is 11.8 Å². The van der Waals surface area contributed by atoms with Crippen LogP contribution in [0.1, 0.15) is 19.8 Å². The minimum atomic E-state index is -0.498. The molecule has 1 aromatic rings. The lowest BCUT2D eigenvalue weighted by Gasteiger charge is -2.21. The van der Waals surface area contributed by atoms with Crippen molar-refractivity contribution in [2.45, 2.75) is 44.0 Å². The van der Waals surface area contributed by atoms with Crippen molar-refractivity contribution in [2.24, 2.45) is 0 Å². The van der Waals surface area contributed by atoms with Crippen LogP contribution in [0.15, 0.2) is 30.3 Å². The summed E-state index contributed by atoms with van der Waals surface area (Å²) in [5, 5.41) is 15.3. The Morgan fingerprint density at radius 2 is 2.05 bits per heavy atom. The third-order valence-corrected chi connectivity index (χ3v) is 4.33. The third-order valence-electron chi connectivity index (χ3n) is 4.33. The molecule has 6 heteroatoms. The molecule has 0 bridgehead atoms. The molecule has 0 spiro atoms. The normalized spacial score (nSPS) is 31.5. The standard InChI is InChI=1S/C16H21N3O3/c1-10-7-14(18-15(21)13-8-12(20)9-17-13)16(22)19(10)11-5-3-2-4-6-11/h2-6,10,12-14,17,20H,7-9H2,1H3,(H,18,21)/t10-,12-,13+,14+/m1/s1. The van der Waals surface area contributed by atoms with Gasteiger partial charge in [-0.3, -0.25) is 9.59 Å². The summed E-state index contributed by atoms with van der Waals surface area (Å²) >= 11 is 0. The molecule has 1 aromatic carbocycles. The summed E-state index contributed by atoms with van der Waals surface area (Å²) in [5.74, 6) is -0.289. The summed E-state index contributed by atoms with van der Waals surface area (Å²) in [4.78, 5) is 26.5. The molecule has 3 rings (SSSR count). The number of anilines is 1. The highest BCUT2D eigenvalue weighted by atomic mass is 16.3. The molecule has 0 saturated carbocycles. The van der Waals surface area contributed by atoms with Crippen molar-refractivity contribution in [3.63, 3.8) is 0 Å². The smallest absolute Gasteiger partial charge is 0.249 e. The number of nitrogens with one attached hydrogen (secondary N) is 2. The van der Waals surface area contributed by atoms with Gasteiger partial charge in [0.25, 0.3) is 0 Å². The van der Waals surface area contributed by atoms with E-state index < -0.39 is 18.2 Å². The van der Waals surface area contributed by atoms with Gasteiger partial charge in [-0.2, -0.15) is 0 Å². The average molecular weight is 303 g/mol. The number of β-amino-alcohol motifs (C(OH)–C–C–N with tert-alkyl or cyclic N) is 1. The first-order valence-electron chi connectivity index (χ1n) is 7.66. The van der Waals surface area contributed by atoms with Crippen LogP contribution in [0.4, 0.5) is 5.69 Å². The number of carbonyl (C=O) groups is 2. The number of rotatable bonds is 3. The maximum atomic E-state index is 12.6. The maximum Gasteiger partial charge on any atom is 0.249 e. The summed E-state index contributed by atoms with van der Waals surface area (Å²) in [6.45, 7) is 2.40. The molecule has 2 aliphatic rings. The van der Waals surface area contributed by atoms with Gasteiger partial charge in [0.05, 0.1) is 12.1 Å². The van der Waals surface area contributed by atoms with E-state index in [1.165, 1.54) is 0 Å². The Labute approximate surface area is 129 Å². The molecule has 3 N–H and O–H groups in total. The summed E-state index contributed by atoms with van der Waals surface area (Å²) in [6, 6.07) is 8.62. The van der Waals surface area contributed by atoms with E-state index in [1.54, 1.807) is 4.90 Å². The number of carbonyl (C=O) groups excluding carboxylic acids is 2. The summed E-state index contributed by atoms with van der Waals surface area (Å²) < 4.78 is 0. The Morgan fingerprint density at radius 3 is 2.68 bits per heavy atom. The lowest BCUT2D eigenvalue weighted by atomic mass is 10.1. The molecule has 0 radical (unpaired) electrons. The van der Waals surface area contributed by atoms with Gasteiger partial charge in [-0.25, -0.2) is 0 Å². The fraction of sp³-hybridized carbons (Fsp3) is 0.500. The predicted molar refractivity (Wildman–Crippen MR) is 82.4 cm³/mol. The van der Waals surface area contributed by atoms with E-state index >= 15 is 0 Å². The zero-order valence-electron chi connectivity index (χ0n) is 12.5. The minimum Gasteiger partial charge on any atom is -0.392 e. The first kappa shape index (κ1) is 15.0. The van der Waals surface area contributed by atoms with Gasteiger partial charge in [-0.15, -0.1) is 0 Å².